The summed E-state index contributed by atoms with van der Waals surface area (Å²) >= 11 is 0. The second-order valence-electron chi connectivity index (χ2n) is 6.05. The molecule has 5 nitrogen and oxygen atoms in total. The topological polar surface area (TPSA) is 58.5 Å². The third kappa shape index (κ3) is 3.00. The molecule has 2 aliphatic heterocycles. The van der Waals surface area contributed by atoms with Crippen molar-refractivity contribution >= 4 is 0 Å². The summed E-state index contributed by atoms with van der Waals surface area (Å²) in [5, 5.41) is 10.7. The van der Waals surface area contributed by atoms with Crippen molar-refractivity contribution in [3.05, 3.63) is 23.8 Å². The van der Waals surface area contributed by atoms with E-state index < -0.39 is 5.60 Å². The molecule has 1 aromatic heterocycles. The molecule has 0 spiro atoms. The van der Waals surface area contributed by atoms with Crippen molar-refractivity contribution in [2.45, 2.75) is 44.2 Å². The fourth-order valence-corrected chi connectivity index (χ4v) is 3.28. The molecule has 20 heavy (non-hydrogen) atoms. The third-order valence-electron chi connectivity index (χ3n) is 4.40. The summed E-state index contributed by atoms with van der Waals surface area (Å²) in [6.45, 7) is 5.06. The van der Waals surface area contributed by atoms with Gasteiger partial charge in [-0.2, -0.15) is 0 Å². The number of β-amino-alcohol motifs (C(OH)–C–C–N with tert-alkyl or cyclic N) is 1. The highest BCUT2D eigenvalue weighted by Gasteiger charge is 2.36. The normalized spacial score (nSPS) is 26.8. The van der Waals surface area contributed by atoms with Crippen LogP contribution in [0.4, 0.5) is 0 Å². The fourth-order valence-electron chi connectivity index (χ4n) is 3.28. The molecule has 0 aromatic carbocycles. The summed E-state index contributed by atoms with van der Waals surface area (Å²) in [4.78, 5) is 11.2. The van der Waals surface area contributed by atoms with E-state index in [0.29, 0.717) is 19.3 Å². The van der Waals surface area contributed by atoms with Crippen LogP contribution in [0.15, 0.2) is 12.4 Å². The molecular formula is C15H23N3O2. The molecular weight excluding hydrogens is 254 g/mol. The van der Waals surface area contributed by atoms with Crippen LogP contribution in [-0.2, 0) is 4.74 Å². The molecule has 2 fully saturated rings. The molecule has 0 saturated carbocycles. The maximum Gasteiger partial charge on any atom is 0.0818 e. The highest BCUT2D eigenvalue weighted by atomic mass is 16.5. The van der Waals surface area contributed by atoms with Crippen LogP contribution in [0.5, 0.6) is 0 Å². The quantitative estimate of drug-likeness (QED) is 0.906. The van der Waals surface area contributed by atoms with Gasteiger partial charge in [-0.25, -0.2) is 0 Å². The Hall–Kier alpha value is -1.04. The van der Waals surface area contributed by atoms with Gasteiger partial charge in [-0.3, -0.25) is 14.9 Å². The Kier molecular flexibility index (Phi) is 4.01. The number of ether oxygens (including phenoxy) is 1. The Morgan fingerprint density at radius 3 is 2.95 bits per heavy atom. The predicted molar refractivity (Wildman–Crippen MR) is 75.3 cm³/mol. The number of aryl methyl sites for hydroxylation is 1. The molecule has 0 amide bonds. The molecule has 0 bridgehead atoms. The zero-order valence-electron chi connectivity index (χ0n) is 12.1. The number of hydrogen-bond acceptors (Lipinski definition) is 5. The van der Waals surface area contributed by atoms with E-state index in [9.17, 15) is 5.11 Å². The lowest BCUT2D eigenvalue weighted by Gasteiger charge is -2.37. The maximum absolute atomic E-state index is 10.7. The van der Waals surface area contributed by atoms with Gasteiger partial charge < -0.3 is 9.84 Å². The minimum atomic E-state index is -0.599. The van der Waals surface area contributed by atoms with E-state index in [1.165, 1.54) is 0 Å². The smallest absolute Gasteiger partial charge is 0.0818 e. The average Bonchev–Trinajstić information content (AvgIpc) is 2.87. The monoisotopic (exact) mass is 277 g/mol. The van der Waals surface area contributed by atoms with Gasteiger partial charge >= 0.3 is 0 Å². The molecule has 1 aromatic rings. The third-order valence-corrected chi connectivity index (χ3v) is 4.40. The molecule has 5 heteroatoms. The molecule has 1 N–H and O–H groups in total. The van der Waals surface area contributed by atoms with Crippen molar-refractivity contribution < 1.29 is 9.84 Å². The van der Waals surface area contributed by atoms with Crippen LogP contribution in [-0.4, -0.2) is 51.9 Å². The molecule has 3 rings (SSSR count). The summed E-state index contributed by atoms with van der Waals surface area (Å²) in [7, 11) is 0. The minimum Gasteiger partial charge on any atom is -0.388 e. The summed E-state index contributed by atoms with van der Waals surface area (Å²) < 4.78 is 5.36. The lowest BCUT2D eigenvalue weighted by molar-refractivity contribution is -0.0817. The van der Waals surface area contributed by atoms with Gasteiger partial charge in [0.25, 0.3) is 0 Å². The zero-order valence-corrected chi connectivity index (χ0v) is 12.1. The van der Waals surface area contributed by atoms with Crippen LogP contribution in [0.1, 0.15) is 43.1 Å². The van der Waals surface area contributed by atoms with Crippen molar-refractivity contribution in [1.82, 2.24) is 14.9 Å². The van der Waals surface area contributed by atoms with Gasteiger partial charge in [0.2, 0.25) is 0 Å². The molecule has 0 radical (unpaired) electrons. The Morgan fingerprint density at radius 2 is 2.20 bits per heavy atom. The molecule has 1 atom stereocenters. The SMILES string of the molecule is Cc1cncc(C2CCCN2CC2(O)CCOCC2)n1. The Bertz CT molecular complexity index is 460. The number of likely N-dealkylation sites (tertiary alicyclic amines) is 1. The Morgan fingerprint density at radius 1 is 1.40 bits per heavy atom. The largest absolute Gasteiger partial charge is 0.388 e. The highest BCUT2D eigenvalue weighted by molar-refractivity contribution is 5.09. The standard InChI is InChI=1S/C15H23N3O2/c1-12-9-16-10-13(17-12)14-3-2-6-18(14)11-15(19)4-7-20-8-5-15/h9-10,14,19H,2-8,11H2,1H3. The summed E-state index contributed by atoms with van der Waals surface area (Å²) in [5.41, 5.74) is 1.40. The van der Waals surface area contributed by atoms with E-state index >= 15 is 0 Å². The summed E-state index contributed by atoms with van der Waals surface area (Å²) in [5.74, 6) is 0. The van der Waals surface area contributed by atoms with E-state index in [1.807, 2.05) is 13.1 Å². The summed E-state index contributed by atoms with van der Waals surface area (Å²) in [6.07, 6.45) is 7.38. The summed E-state index contributed by atoms with van der Waals surface area (Å²) in [6, 6.07) is 0.300. The number of aliphatic hydroxyl groups is 1. The van der Waals surface area contributed by atoms with E-state index in [4.69, 9.17) is 4.74 Å². The Labute approximate surface area is 120 Å². The van der Waals surface area contributed by atoms with Crippen molar-refractivity contribution in [2.75, 3.05) is 26.3 Å². The van der Waals surface area contributed by atoms with Crippen molar-refractivity contribution in [3.63, 3.8) is 0 Å². The number of aromatic nitrogens is 2. The van der Waals surface area contributed by atoms with Crippen LogP contribution < -0.4 is 0 Å². The van der Waals surface area contributed by atoms with Gasteiger partial charge in [-0.15, -0.1) is 0 Å². The van der Waals surface area contributed by atoms with Gasteiger partial charge in [-0.1, -0.05) is 0 Å². The molecule has 2 aliphatic rings. The lowest BCUT2D eigenvalue weighted by Crippen LogP contribution is -2.46. The van der Waals surface area contributed by atoms with Crippen LogP contribution >= 0.6 is 0 Å². The maximum atomic E-state index is 10.7. The first-order valence-corrected chi connectivity index (χ1v) is 7.49. The number of rotatable bonds is 3. The van der Waals surface area contributed by atoms with Gasteiger partial charge in [-0.05, 0) is 26.3 Å². The van der Waals surface area contributed by atoms with Crippen LogP contribution in [0.25, 0.3) is 0 Å². The molecule has 3 heterocycles. The van der Waals surface area contributed by atoms with Gasteiger partial charge in [0.05, 0.1) is 23.0 Å². The van der Waals surface area contributed by atoms with Crippen LogP contribution in [0.2, 0.25) is 0 Å². The van der Waals surface area contributed by atoms with E-state index in [2.05, 4.69) is 14.9 Å². The molecule has 1 unspecified atom stereocenters. The first-order chi connectivity index (χ1) is 9.66. The molecule has 110 valence electrons. The van der Waals surface area contributed by atoms with Crippen molar-refractivity contribution in [1.29, 1.82) is 0 Å². The lowest BCUT2D eigenvalue weighted by atomic mass is 9.93. The fraction of sp³-hybridized carbons (Fsp3) is 0.733. The first-order valence-electron chi connectivity index (χ1n) is 7.49. The van der Waals surface area contributed by atoms with Crippen LogP contribution in [0.3, 0.4) is 0 Å². The minimum absolute atomic E-state index is 0.300. The van der Waals surface area contributed by atoms with Crippen molar-refractivity contribution in [2.24, 2.45) is 0 Å². The second-order valence-corrected chi connectivity index (χ2v) is 6.05. The van der Waals surface area contributed by atoms with E-state index in [0.717, 1.165) is 50.2 Å². The zero-order chi connectivity index (χ0) is 14.0. The average molecular weight is 277 g/mol. The Balaban J connectivity index is 1.72. The van der Waals surface area contributed by atoms with Gasteiger partial charge in [0.15, 0.2) is 0 Å². The highest BCUT2D eigenvalue weighted by Crippen LogP contribution is 2.33. The van der Waals surface area contributed by atoms with Gasteiger partial charge in [0.1, 0.15) is 0 Å². The van der Waals surface area contributed by atoms with Crippen molar-refractivity contribution in [3.8, 4) is 0 Å². The molecule has 2 saturated heterocycles. The number of hydrogen-bond donors (Lipinski definition) is 1. The predicted octanol–water partition coefficient (Wildman–Crippen LogP) is 1.46. The van der Waals surface area contributed by atoms with Gasteiger partial charge in [0, 0.05) is 45.0 Å². The molecule has 0 aliphatic carbocycles. The van der Waals surface area contributed by atoms with E-state index in [-0.39, 0.29) is 0 Å². The number of nitrogens with zero attached hydrogens (tertiary/aromatic N) is 3. The van der Waals surface area contributed by atoms with Crippen LogP contribution in [0, 0.1) is 6.92 Å². The first kappa shape index (κ1) is 13.9. The second kappa shape index (κ2) is 5.76. The van der Waals surface area contributed by atoms with E-state index in [1.54, 1.807) is 6.20 Å².